The fraction of sp³-hybridized carbons (Fsp3) is 0.227. The van der Waals surface area contributed by atoms with Crippen molar-refractivity contribution in [2.45, 2.75) is 31.3 Å². The third kappa shape index (κ3) is 5.31. The molecule has 1 N–H and O–H groups in total. The minimum Gasteiger partial charge on any atom is -0.301 e. The maximum Gasteiger partial charge on any atom is 0.255 e. The van der Waals surface area contributed by atoms with E-state index in [1.54, 1.807) is 18.2 Å². The van der Waals surface area contributed by atoms with Crippen LogP contribution in [0.25, 0.3) is 0 Å². The molecule has 0 aliphatic carbocycles. The number of H-pyrrole nitrogens is 1. The lowest BCUT2D eigenvalue weighted by Crippen LogP contribution is -2.20. The Hall–Kier alpha value is -2.15. The van der Waals surface area contributed by atoms with Crippen molar-refractivity contribution in [3.63, 3.8) is 0 Å². The van der Waals surface area contributed by atoms with Crippen molar-refractivity contribution in [1.29, 1.82) is 0 Å². The van der Waals surface area contributed by atoms with Gasteiger partial charge in [0.15, 0.2) is 10.9 Å². The lowest BCUT2D eigenvalue weighted by molar-refractivity contribution is 0.102. The Bertz CT molecular complexity index is 1110. The van der Waals surface area contributed by atoms with E-state index in [1.165, 1.54) is 24.3 Å². The van der Waals surface area contributed by atoms with Gasteiger partial charge < -0.3 is 4.98 Å². The highest BCUT2D eigenvalue weighted by molar-refractivity contribution is 7.99. The summed E-state index contributed by atoms with van der Waals surface area (Å²) in [6.45, 7) is 3.82. The largest absolute Gasteiger partial charge is 0.301 e. The molecule has 0 aliphatic heterocycles. The normalized spacial score (nSPS) is 11.1. The van der Waals surface area contributed by atoms with Crippen molar-refractivity contribution in [2.24, 2.45) is 0 Å². The summed E-state index contributed by atoms with van der Waals surface area (Å²) in [4.78, 5) is 32.4. The van der Waals surface area contributed by atoms with E-state index in [2.05, 4.69) is 9.97 Å². The number of ketones is 1. The molecule has 1 heterocycles. The number of nitrogens with zero attached hydrogens (tertiary/aromatic N) is 1. The lowest BCUT2D eigenvalue weighted by Gasteiger charge is -2.14. The Morgan fingerprint density at radius 2 is 1.77 bits per heavy atom. The molecule has 0 atom stereocenters. The summed E-state index contributed by atoms with van der Waals surface area (Å²) in [7, 11) is 0. The highest BCUT2D eigenvalue weighted by atomic mass is 35.5. The van der Waals surface area contributed by atoms with E-state index in [9.17, 15) is 14.0 Å². The van der Waals surface area contributed by atoms with Crippen molar-refractivity contribution < 1.29 is 9.18 Å². The van der Waals surface area contributed by atoms with Gasteiger partial charge in [0.1, 0.15) is 5.82 Å². The van der Waals surface area contributed by atoms with Gasteiger partial charge in [-0.3, -0.25) is 9.59 Å². The van der Waals surface area contributed by atoms with Crippen LogP contribution in [-0.2, 0) is 6.42 Å². The van der Waals surface area contributed by atoms with E-state index in [0.29, 0.717) is 44.0 Å². The molecule has 0 saturated carbocycles. The van der Waals surface area contributed by atoms with Gasteiger partial charge in [-0.2, -0.15) is 0 Å². The first-order chi connectivity index (χ1) is 14.3. The second-order valence-electron chi connectivity index (χ2n) is 6.98. The van der Waals surface area contributed by atoms with Crippen molar-refractivity contribution >= 4 is 40.7 Å². The molecule has 0 aliphatic rings. The Morgan fingerprint density at radius 3 is 2.37 bits per heavy atom. The molecule has 0 bridgehead atoms. The Morgan fingerprint density at radius 1 is 1.13 bits per heavy atom. The summed E-state index contributed by atoms with van der Waals surface area (Å²) in [5.41, 5.74) is 1.96. The van der Waals surface area contributed by atoms with Gasteiger partial charge in [-0.1, -0.05) is 54.9 Å². The zero-order valence-corrected chi connectivity index (χ0v) is 18.7. The van der Waals surface area contributed by atoms with Gasteiger partial charge in [0.25, 0.3) is 5.56 Å². The van der Waals surface area contributed by atoms with Gasteiger partial charge >= 0.3 is 0 Å². The molecule has 4 nitrogen and oxygen atoms in total. The van der Waals surface area contributed by atoms with Crippen LogP contribution >= 0.6 is 35.0 Å². The molecule has 0 spiro atoms. The van der Waals surface area contributed by atoms with Crippen LogP contribution in [0.3, 0.4) is 0 Å². The second kappa shape index (κ2) is 9.77. The first kappa shape index (κ1) is 22.5. The minimum absolute atomic E-state index is 0.0574. The van der Waals surface area contributed by atoms with Crippen LogP contribution in [0.2, 0.25) is 10.0 Å². The molecule has 156 valence electrons. The smallest absolute Gasteiger partial charge is 0.255 e. The van der Waals surface area contributed by atoms with E-state index in [0.717, 1.165) is 11.8 Å². The molecule has 3 rings (SSSR count). The van der Waals surface area contributed by atoms with Gasteiger partial charge in [-0.05, 0) is 47.9 Å². The topological polar surface area (TPSA) is 62.8 Å². The summed E-state index contributed by atoms with van der Waals surface area (Å²) < 4.78 is 13.0. The SMILES string of the molecule is CC(C)c1c(Cc2c(Cl)cccc2Cl)nc(SCC(=O)c2ccc(F)cc2)[nH]c1=O. The quantitative estimate of drug-likeness (QED) is 0.268. The Labute approximate surface area is 187 Å². The van der Waals surface area contributed by atoms with Crippen molar-refractivity contribution in [3.05, 3.63) is 91.1 Å². The monoisotopic (exact) mass is 464 g/mol. The number of Topliss-reactive ketones (excluding diaryl/α,β-unsaturated/α-hetero) is 1. The number of hydrogen-bond donors (Lipinski definition) is 1. The molecular formula is C22H19Cl2FN2O2S. The van der Waals surface area contributed by atoms with Gasteiger partial charge in [-0.15, -0.1) is 0 Å². The number of aromatic nitrogens is 2. The minimum atomic E-state index is -0.405. The average molecular weight is 465 g/mol. The number of nitrogens with one attached hydrogen (secondary N) is 1. The first-order valence-electron chi connectivity index (χ1n) is 9.23. The number of hydrogen-bond acceptors (Lipinski definition) is 4. The number of carbonyl (C=O) groups is 1. The molecule has 0 amide bonds. The highest BCUT2D eigenvalue weighted by Gasteiger charge is 2.18. The number of halogens is 3. The third-order valence-electron chi connectivity index (χ3n) is 4.50. The molecule has 8 heteroatoms. The zero-order chi connectivity index (χ0) is 21.8. The molecule has 0 saturated heterocycles. The van der Waals surface area contributed by atoms with E-state index < -0.39 is 5.82 Å². The fourth-order valence-electron chi connectivity index (χ4n) is 3.03. The van der Waals surface area contributed by atoms with Gasteiger partial charge in [0.05, 0.1) is 11.4 Å². The molecule has 0 radical (unpaired) electrons. The fourth-order valence-corrected chi connectivity index (χ4v) is 4.33. The van der Waals surface area contributed by atoms with E-state index in [1.807, 2.05) is 13.8 Å². The maximum absolute atomic E-state index is 13.0. The number of aromatic amines is 1. The summed E-state index contributed by atoms with van der Waals surface area (Å²) in [5.74, 6) is -0.594. The van der Waals surface area contributed by atoms with Crippen LogP contribution in [-0.4, -0.2) is 21.5 Å². The van der Waals surface area contributed by atoms with Crippen molar-refractivity contribution in [3.8, 4) is 0 Å². The molecule has 30 heavy (non-hydrogen) atoms. The number of benzene rings is 2. The standard InChI is InChI=1S/C22H19Cl2FN2O2S/c1-12(2)20-18(10-15-16(23)4-3-5-17(15)24)26-22(27-21(20)29)30-11-19(28)13-6-8-14(25)9-7-13/h3-9,12H,10-11H2,1-2H3,(H,26,27,29). The molecule has 0 fully saturated rings. The zero-order valence-electron chi connectivity index (χ0n) is 16.3. The average Bonchev–Trinajstić information content (AvgIpc) is 2.69. The van der Waals surface area contributed by atoms with Crippen LogP contribution in [0.5, 0.6) is 0 Å². The molecule has 1 aromatic heterocycles. The van der Waals surface area contributed by atoms with Crippen LogP contribution < -0.4 is 5.56 Å². The summed E-state index contributed by atoms with van der Waals surface area (Å²) in [6.07, 6.45) is 0.301. The van der Waals surface area contributed by atoms with Gasteiger partial charge in [0.2, 0.25) is 0 Å². The van der Waals surface area contributed by atoms with Crippen molar-refractivity contribution in [1.82, 2.24) is 9.97 Å². The number of carbonyl (C=O) groups excluding carboxylic acids is 1. The molecule has 3 aromatic rings. The van der Waals surface area contributed by atoms with Gasteiger partial charge in [-0.25, -0.2) is 9.37 Å². The molecule has 0 unspecified atom stereocenters. The van der Waals surface area contributed by atoms with Crippen LogP contribution in [0.4, 0.5) is 4.39 Å². The lowest BCUT2D eigenvalue weighted by atomic mass is 9.98. The predicted molar refractivity (Wildman–Crippen MR) is 120 cm³/mol. The summed E-state index contributed by atoms with van der Waals surface area (Å²) in [5, 5.41) is 1.33. The van der Waals surface area contributed by atoms with E-state index in [4.69, 9.17) is 23.2 Å². The van der Waals surface area contributed by atoms with E-state index >= 15 is 0 Å². The Balaban J connectivity index is 1.88. The first-order valence-corrected chi connectivity index (χ1v) is 11.0. The van der Waals surface area contributed by atoms with Crippen LogP contribution in [0.1, 0.15) is 46.9 Å². The number of thioether (sulfide) groups is 1. The highest BCUT2D eigenvalue weighted by Crippen LogP contribution is 2.29. The van der Waals surface area contributed by atoms with Crippen LogP contribution in [0, 0.1) is 5.82 Å². The van der Waals surface area contributed by atoms with Gasteiger partial charge in [0, 0.05) is 27.6 Å². The Kier molecular flexibility index (Phi) is 7.34. The number of rotatable bonds is 7. The van der Waals surface area contributed by atoms with E-state index in [-0.39, 0.29) is 23.0 Å². The third-order valence-corrected chi connectivity index (χ3v) is 6.08. The van der Waals surface area contributed by atoms with Crippen molar-refractivity contribution in [2.75, 3.05) is 5.75 Å². The summed E-state index contributed by atoms with van der Waals surface area (Å²) >= 11 is 13.7. The maximum atomic E-state index is 13.0. The van der Waals surface area contributed by atoms with Crippen LogP contribution in [0.15, 0.2) is 52.4 Å². The molecule has 2 aromatic carbocycles. The molecular weight excluding hydrogens is 446 g/mol. The predicted octanol–water partition coefficient (Wildman–Crippen LogP) is 5.91. The second-order valence-corrected chi connectivity index (χ2v) is 8.76. The summed E-state index contributed by atoms with van der Waals surface area (Å²) in [6, 6.07) is 10.6.